The molecule has 0 radical (unpaired) electrons. The summed E-state index contributed by atoms with van der Waals surface area (Å²) in [4.78, 5) is 9.12. The molecule has 29 heavy (non-hydrogen) atoms. The smallest absolute Gasteiger partial charge is 0.278 e. The van der Waals surface area contributed by atoms with E-state index in [-0.39, 0.29) is 0 Å². The SMILES string of the molecule is CCc1cc(-c2noc(-c3cc(-c4ccccc4)n(CC)n3)n2)c(C)nc1OC. The van der Waals surface area contributed by atoms with Gasteiger partial charge < -0.3 is 9.26 Å². The molecule has 0 aliphatic heterocycles. The van der Waals surface area contributed by atoms with E-state index in [0.29, 0.717) is 23.3 Å². The van der Waals surface area contributed by atoms with E-state index in [9.17, 15) is 0 Å². The quantitative estimate of drug-likeness (QED) is 0.481. The number of benzene rings is 1. The Morgan fingerprint density at radius 3 is 2.55 bits per heavy atom. The van der Waals surface area contributed by atoms with Crippen molar-refractivity contribution in [1.82, 2.24) is 24.9 Å². The molecular formula is C22H23N5O2. The molecule has 0 atom stereocenters. The van der Waals surface area contributed by atoms with Gasteiger partial charge in [-0.1, -0.05) is 42.4 Å². The van der Waals surface area contributed by atoms with Crippen LogP contribution in [0.5, 0.6) is 5.88 Å². The highest BCUT2D eigenvalue weighted by molar-refractivity contribution is 5.67. The van der Waals surface area contributed by atoms with Crippen LogP contribution in [0.25, 0.3) is 34.2 Å². The van der Waals surface area contributed by atoms with Crippen molar-refractivity contribution in [3.8, 4) is 40.1 Å². The van der Waals surface area contributed by atoms with Crippen molar-refractivity contribution in [1.29, 1.82) is 0 Å². The van der Waals surface area contributed by atoms with E-state index < -0.39 is 0 Å². The molecule has 0 amide bonds. The largest absolute Gasteiger partial charge is 0.481 e. The lowest BCUT2D eigenvalue weighted by Gasteiger charge is -2.09. The molecule has 4 aromatic rings. The van der Waals surface area contributed by atoms with Crippen LogP contribution < -0.4 is 4.74 Å². The zero-order valence-electron chi connectivity index (χ0n) is 17.0. The maximum atomic E-state index is 5.54. The Hall–Kier alpha value is -3.48. The molecule has 0 spiro atoms. The Morgan fingerprint density at radius 2 is 1.86 bits per heavy atom. The van der Waals surface area contributed by atoms with E-state index >= 15 is 0 Å². The van der Waals surface area contributed by atoms with Crippen LogP contribution in [-0.4, -0.2) is 32.0 Å². The van der Waals surface area contributed by atoms with E-state index in [0.717, 1.165) is 41.0 Å². The molecule has 0 saturated heterocycles. The topological polar surface area (TPSA) is 78.9 Å². The van der Waals surface area contributed by atoms with Crippen molar-refractivity contribution < 1.29 is 9.26 Å². The summed E-state index contributed by atoms with van der Waals surface area (Å²) >= 11 is 0. The molecule has 0 bridgehead atoms. The molecule has 0 aliphatic carbocycles. The van der Waals surface area contributed by atoms with E-state index in [1.165, 1.54) is 0 Å². The molecule has 0 saturated carbocycles. The number of nitrogens with zero attached hydrogens (tertiary/aromatic N) is 5. The molecule has 4 rings (SSSR count). The Bertz CT molecular complexity index is 1130. The normalized spacial score (nSPS) is 11.0. The number of methoxy groups -OCH3 is 1. The molecule has 148 valence electrons. The summed E-state index contributed by atoms with van der Waals surface area (Å²) in [5, 5.41) is 8.83. The van der Waals surface area contributed by atoms with Crippen molar-refractivity contribution in [2.24, 2.45) is 0 Å². The second-order valence-electron chi connectivity index (χ2n) is 6.66. The number of aryl methyl sites for hydroxylation is 3. The highest BCUT2D eigenvalue weighted by Crippen LogP contribution is 2.29. The lowest BCUT2D eigenvalue weighted by atomic mass is 10.1. The second-order valence-corrected chi connectivity index (χ2v) is 6.66. The van der Waals surface area contributed by atoms with Crippen LogP contribution in [-0.2, 0) is 13.0 Å². The van der Waals surface area contributed by atoms with Crippen LogP contribution in [0.4, 0.5) is 0 Å². The van der Waals surface area contributed by atoms with Gasteiger partial charge in [0, 0.05) is 17.7 Å². The maximum Gasteiger partial charge on any atom is 0.278 e. The van der Waals surface area contributed by atoms with Gasteiger partial charge in [-0.25, -0.2) is 4.98 Å². The summed E-state index contributed by atoms with van der Waals surface area (Å²) in [6.07, 6.45) is 0.801. The van der Waals surface area contributed by atoms with Gasteiger partial charge in [-0.05, 0) is 38.0 Å². The van der Waals surface area contributed by atoms with Gasteiger partial charge in [0.2, 0.25) is 11.7 Å². The Kier molecular flexibility index (Phi) is 5.12. The number of hydrogen-bond acceptors (Lipinski definition) is 6. The summed E-state index contributed by atoms with van der Waals surface area (Å²) in [7, 11) is 1.63. The highest BCUT2D eigenvalue weighted by Gasteiger charge is 2.19. The van der Waals surface area contributed by atoms with Crippen LogP contribution in [0.3, 0.4) is 0 Å². The predicted molar refractivity (Wildman–Crippen MR) is 111 cm³/mol. The molecule has 7 heteroatoms. The van der Waals surface area contributed by atoms with Gasteiger partial charge in [-0.15, -0.1) is 0 Å². The zero-order valence-corrected chi connectivity index (χ0v) is 17.0. The van der Waals surface area contributed by atoms with Crippen LogP contribution in [0.2, 0.25) is 0 Å². The average Bonchev–Trinajstić information content (AvgIpc) is 3.41. The fourth-order valence-corrected chi connectivity index (χ4v) is 3.32. The first-order valence-electron chi connectivity index (χ1n) is 9.66. The fraction of sp³-hybridized carbons (Fsp3) is 0.273. The first kappa shape index (κ1) is 18.9. The van der Waals surface area contributed by atoms with Gasteiger partial charge in [0.1, 0.15) is 0 Å². The van der Waals surface area contributed by atoms with E-state index in [1.54, 1.807) is 7.11 Å². The molecular weight excluding hydrogens is 366 g/mol. The fourth-order valence-electron chi connectivity index (χ4n) is 3.32. The van der Waals surface area contributed by atoms with Crippen LogP contribution in [0.15, 0.2) is 47.0 Å². The molecule has 0 fully saturated rings. The maximum absolute atomic E-state index is 5.54. The van der Waals surface area contributed by atoms with Crippen molar-refractivity contribution in [2.45, 2.75) is 33.7 Å². The Morgan fingerprint density at radius 1 is 1.07 bits per heavy atom. The lowest BCUT2D eigenvalue weighted by Crippen LogP contribution is -1.99. The van der Waals surface area contributed by atoms with Crippen LogP contribution >= 0.6 is 0 Å². The lowest BCUT2D eigenvalue weighted by molar-refractivity contribution is 0.392. The van der Waals surface area contributed by atoms with Gasteiger partial charge in [0.05, 0.1) is 18.5 Å². The highest BCUT2D eigenvalue weighted by atomic mass is 16.5. The van der Waals surface area contributed by atoms with Gasteiger partial charge >= 0.3 is 0 Å². The summed E-state index contributed by atoms with van der Waals surface area (Å²) < 4.78 is 12.8. The van der Waals surface area contributed by atoms with Gasteiger partial charge in [-0.3, -0.25) is 4.68 Å². The monoisotopic (exact) mass is 389 g/mol. The average molecular weight is 389 g/mol. The van der Waals surface area contributed by atoms with Gasteiger partial charge in [-0.2, -0.15) is 10.1 Å². The molecule has 7 nitrogen and oxygen atoms in total. The number of aromatic nitrogens is 5. The van der Waals surface area contributed by atoms with Crippen molar-refractivity contribution >= 4 is 0 Å². The van der Waals surface area contributed by atoms with E-state index in [4.69, 9.17) is 9.26 Å². The third-order valence-electron chi connectivity index (χ3n) is 4.86. The van der Waals surface area contributed by atoms with E-state index in [1.807, 2.05) is 41.9 Å². The van der Waals surface area contributed by atoms with Crippen molar-refractivity contribution in [2.75, 3.05) is 7.11 Å². The second kappa shape index (κ2) is 7.87. The number of ether oxygens (including phenoxy) is 1. The Labute approximate surface area is 169 Å². The third-order valence-corrected chi connectivity index (χ3v) is 4.86. The standard InChI is InChI=1S/C22H23N5O2/c1-5-15-12-17(14(3)23-21(15)28-4)20-24-22(29-26-20)18-13-19(27(6-2)25-18)16-10-8-7-9-11-16/h7-13H,5-6H2,1-4H3. The van der Waals surface area contributed by atoms with Crippen LogP contribution in [0.1, 0.15) is 25.1 Å². The summed E-state index contributed by atoms with van der Waals surface area (Å²) in [6.45, 7) is 6.77. The first-order chi connectivity index (χ1) is 14.1. The number of pyridine rings is 1. The Balaban J connectivity index is 1.73. The zero-order chi connectivity index (χ0) is 20.4. The molecule has 0 unspecified atom stereocenters. The van der Waals surface area contributed by atoms with Crippen molar-refractivity contribution in [3.63, 3.8) is 0 Å². The van der Waals surface area contributed by atoms with Gasteiger partial charge in [0.15, 0.2) is 5.69 Å². The molecule has 3 aromatic heterocycles. The minimum Gasteiger partial charge on any atom is -0.481 e. The van der Waals surface area contributed by atoms with Crippen molar-refractivity contribution in [3.05, 3.63) is 53.7 Å². The molecule has 0 aliphatic rings. The van der Waals surface area contributed by atoms with Crippen LogP contribution in [0, 0.1) is 6.92 Å². The molecule has 3 heterocycles. The van der Waals surface area contributed by atoms with E-state index in [2.05, 4.69) is 46.2 Å². The van der Waals surface area contributed by atoms with Gasteiger partial charge in [0.25, 0.3) is 5.89 Å². The number of hydrogen-bond donors (Lipinski definition) is 0. The third kappa shape index (κ3) is 3.51. The minimum absolute atomic E-state index is 0.387. The minimum atomic E-state index is 0.387. The predicted octanol–water partition coefficient (Wildman–Crippen LogP) is 4.56. The first-order valence-corrected chi connectivity index (χ1v) is 9.66. The molecule has 0 N–H and O–H groups in total. The number of rotatable bonds is 6. The molecule has 1 aromatic carbocycles. The summed E-state index contributed by atoms with van der Waals surface area (Å²) in [5.41, 5.74) is 5.38. The summed E-state index contributed by atoms with van der Waals surface area (Å²) in [6, 6.07) is 14.1. The summed E-state index contributed by atoms with van der Waals surface area (Å²) in [5.74, 6) is 1.51.